The van der Waals surface area contributed by atoms with E-state index in [4.69, 9.17) is 4.74 Å². The van der Waals surface area contributed by atoms with Crippen molar-refractivity contribution >= 4 is 11.4 Å². The van der Waals surface area contributed by atoms with Gasteiger partial charge < -0.3 is 9.84 Å². The molecule has 2 aromatic carbocycles. The van der Waals surface area contributed by atoms with Crippen LogP contribution in [0.15, 0.2) is 63.6 Å². The van der Waals surface area contributed by atoms with Crippen LogP contribution >= 0.6 is 0 Å². The zero-order valence-corrected chi connectivity index (χ0v) is 17.1. The number of aryl methyl sites for hydroxylation is 2. The molecule has 0 saturated carbocycles. The highest BCUT2D eigenvalue weighted by atomic mass is 16.5. The molecule has 0 radical (unpaired) electrons. The normalized spacial score (nSPS) is 10.9. The molecule has 30 heavy (non-hydrogen) atoms. The molecule has 3 rings (SSSR count). The van der Waals surface area contributed by atoms with Gasteiger partial charge in [-0.3, -0.25) is 9.36 Å². The number of pyridine rings is 1. The van der Waals surface area contributed by atoms with Gasteiger partial charge >= 0.3 is 0 Å². The van der Waals surface area contributed by atoms with Crippen LogP contribution in [0, 0.1) is 25.2 Å². The van der Waals surface area contributed by atoms with E-state index in [1.807, 2.05) is 55.5 Å². The summed E-state index contributed by atoms with van der Waals surface area (Å²) in [4.78, 5) is 13.0. The first-order valence-corrected chi connectivity index (χ1v) is 9.43. The van der Waals surface area contributed by atoms with Crippen molar-refractivity contribution in [2.24, 2.45) is 10.2 Å². The number of aromatic nitrogens is 1. The Kier molecular flexibility index (Phi) is 6.28. The Morgan fingerprint density at radius 2 is 1.80 bits per heavy atom. The molecular weight excluding hydrogens is 380 g/mol. The van der Waals surface area contributed by atoms with Gasteiger partial charge in [0.25, 0.3) is 5.56 Å². The van der Waals surface area contributed by atoms with Crippen molar-refractivity contribution in [2.45, 2.75) is 26.8 Å². The molecule has 1 aromatic heterocycles. The molecule has 0 saturated heterocycles. The highest BCUT2D eigenvalue weighted by Crippen LogP contribution is 2.28. The van der Waals surface area contributed by atoms with Crippen molar-refractivity contribution in [3.05, 3.63) is 81.1 Å². The quantitative estimate of drug-likeness (QED) is 0.604. The third-order valence-corrected chi connectivity index (χ3v) is 4.93. The largest absolute Gasteiger partial charge is 0.497 e. The van der Waals surface area contributed by atoms with E-state index in [0.29, 0.717) is 17.7 Å². The van der Waals surface area contributed by atoms with Crippen LogP contribution in [0.3, 0.4) is 0 Å². The molecule has 0 amide bonds. The smallest absolute Gasteiger partial charge is 0.281 e. The van der Waals surface area contributed by atoms with Crippen molar-refractivity contribution in [3.63, 3.8) is 0 Å². The van der Waals surface area contributed by atoms with Crippen molar-refractivity contribution < 1.29 is 9.84 Å². The summed E-state index contributed by atoms with van der Waals surface area (Å²) in [5.74, 6) is 0.378. The lowest BCUT2D eigenvalue weighted by Crippen LogP contribution is -2.22. The van der Waals surface area contributed by atoms with Gasteiger partial charge in [0.1, 0.15) is 17.4 Å². The lowest BCUT2D eigenvalue weighted by atomic mass is 10.1. The van der Waals surface area contributed by atoms with Crippen LogP contribution in [0.4, 0.5) is 11.4 Å². The van der Waals surface area contributed by atoms with E-state index in [-0.39, 0.29) is 23.7 Å². The van der Waals surface area contributed by atoms with Gasteiger partial charge in [-0.05, 0) is 49.6 Å². The molecule has 0 aliphatic carbocycles. The molecule has 0 unspecified atom stereocenters. The van der Waals surface area contributed by atoms with Gasteiger partial charge in [-0.2, -0.15) is 10.4 Å². The van der Waals surface area contributed by atoms with Gasteiger partial charge in [0, 0.05) is 12.1 Å². The number of hydrogen-bond acceptors (Lipinski definition) is 6. The first kappa shape index (κ1) is 20.8. The molecule has 0 bridgehead atoms. The minimum atomic E-state index is -0.491. The lowest BCUT2D eigenvalue weighted by molar-refractivity contribution is 0.403. The summed E-state index contributed by atoms with van der Waals surface area (Å²) in [6, 6.07) is 16.8. The summed E-state index contributed by atoms with van der Waals surface area (Å²) in [6.45, 7) is 3.67. The van der Waals surface area contributed by atoms with E-state index < -0.39 is 5.56 Å². The number of rotatable bonds is 6. The highest BCUT2D eigenvalue weighted by molar-refractivity contribution is 5.57. The molecule has 152 valence electrons. The topological polar surface area (TPSA) is 100.0 Å². The van der Waals surface area contributed by atoms with E-state index in [2.05, 4.69) is 10.2 Å². The van der Waals surface area contributed by atoms with Crippen LogP contribution < -0.4 is 10.3 Å². The van der Waals surface area contributed by atoms with Crippen molar-refractivity contribution in [1.29, 1.82) is 5.26 Å². The summed E-state index contributed by atoms with van der Waals surface area (Å²) in [5, 5.41) is 28.3. The van der Waals surface area contributed by atoms with E-state index >= 15 is 0 Å². The standard InChI is InChI=1S/C23H22N4O3/c1-15-6-4-5-7-20(15)25-26-21-16(2)19(14-24)22(28)27(23(21)29)13-12-17-8-10-18(30-3)11-9-17/h4-11,28H,12-13H2,1-3H3. The van der Waals surface area contributed by atoms with Crippen LogP contribution in [-0.2, 0) is 13.0 Å². The van der Waals surface area contributed by atoms with Gasteiger partial charge in [-0.25, -0.2) is 0 Å². The molecule has 1 heterocycles. The Morgan fingerprint density at radius 1 is 1.10 bits per heavy atom. The molecule has 0 spiro atoms. The molecule has 0 fully saturated rings. The number of hydrogen-bond donors (Lipinski definition) is 1. The van der Waals surface area contributed by atoms with Gasteiger partial charge in [-0.15, -0.1) is 5.11 Å². The van der Waals surface area contributed by atoms with Crippen molar-refractivity contribution in [2.75, 3.05) is 7.11 Å². The summed E-state index contributed by atoms with van der Waals surface area (Å²) in [6.07, 6.45) is 0.486. The van der Waals surface area contributed by atoms with E-state index in [9.17, 15) is 15.2 Å². The number of azo groups is 1. The first-order chi connectivity index (χ1) is 14.5. The zero-order valence-electron chi connectivity index (χ0n) is 17.1. The Balaban J connectivity index is 1.99. The second kappa shape index (κ2) is 9.05. The minimum Gasteiger partial charge on any atom is -0.497 e. The van der Waals surface area contributed by atoms with Crippen molar-refractivity contribution in [3.8, 4) is 17.7 Å². The summed E-state index contributed by atoms with van der Waals surface area (Å²) in [5.41, 5.74) is 2.38. The molecular formula is C23H22N4O3. The molecule has 7 nitrogen and oxygen atoms in total. The molecule has 1 N–H and O–H groups in total. The van der Waals surface area contributed by atoms with Crippen molar-refractivity contribution in [1.82, 2.24) is 4.57 Å². The van der Waals surface area contributed by atoms with E-state index in [0.717, 1.165) is 16.9 Å². The Bertz CT molecular complexity index is 1190. The monoisotopic (exact) mass is 402 g/mol. The molecule has 0 aliphatic rings. The number of benzene rings is 2. The number of nitrogens with zero attached hydrogens (tertiary/aromatic N) is 4. The minimum absolute atomic E-state index is 0.0167. The predicted molar refractivity (Wildman–Crippen MR) is 114 cm³/mol. The van der Waals surface area contributed by atoms with Crippen LogP contribution in [0.1, 0.15) is 22.3 Å². The second-order valence-electron chi connectivity index (χ2n) is 6.83. The molecule has 7 heteroatoms. The van der Waals surface area contributed by atoms with Crippen LogP contribution in [0.2, 0.25) is 0 Å². The van der Waals surface area contributed by atoms with Crippen LogP contribution in [0.5, 0.6) is 11.6 Å². The summed E-state index contributed by atoms with van der Waals surface area (Å²) >= 11 is 0. The molecule has 3 aromatic rings. The number of ether oxygens (including phenoxy) is 1. The third kappa shape index (κ3) is 4.23. The van der Waals surface area contributed by atoms with Gasteiger partial charge in [0.05, 0.1) is 12.8 Å². The average molecular weight is 402 g/mol. The summed E-state index contributed by atoms with van der Waals surface area (Å²) in [7, 11) is 1.59. The third-order valence-electron chi connectivity index (χ3n) is 4.93. The van der Waals surface area contributed by atoms with Crippen LogP contribution in [0.25, 0.3) is 0 Å². The number of aromatic hydroxyl groups is 1. The maximum absolute atomic E-state index is 13.0. The SMILES string of the molecule is COc1ccc(CCn2c(O)c(C#N)c(C)c(N=Nc3ccccc3C)c2=O)cc1. The fourth-order valence-electron chi connectivity index (χ4n) is 3.08. The maximum Gasteiger partial charge on any atom is 0.281 e. The van der Waals surface area contributed by atoms with E-state index in [1.165, 1.54) is 4.57 Å². The summed E-state index contributed by atoms with van der Waals surface area (Å²) < 4.78 is 6.32. The fraction of sp³-hybridized carbons (Fsp3) is 0.217. The van der Waals surface area contributed by atoms with Crippen LogP contribution in [-0.4, -0.2) is 16.8 Å². The first-order valence-electron chi connectivity index (χ1n) is 9.43. The number of nitriles is 1. The molecule has 0 aliphatic heterocycles. The lowest BCUT2D eigenvalue weighted by Gasteiger charge is -2.13. The maximum atomic E-state index is 13.0. The predicted octanol–water partition coefficient (Wildman–Crippen LogP) is 4.71. The molecule has 0 atom stereocenters. The second-order valence-corrected chi connectivity index (χ2v) is 6.83. The van der Waals surface area contributed by atoms with Gasteiger partial charge in [0.2, 0.25) is 5.88 Å². The number of methoxy groups -OCH3 is 1. The van der Waals surface area contributed by atoms with E-state index in [1.54, 1.807) is 20.1 Å². The average Bonchev–Trinajstić information content (AvgIpc) is 2.75. The Labute approximate surface area is 174 Å². The van der Waals surface area contributed by atoms with Gasteiger partial charge in [0.15, 0.2) is 5.69 Å². The fourth-order valence-corrected chi connectivity index (χ4v) is 3.08. The zero-order chi connectivity index (χ0) is 21.7. The Morgan fingerprint density at radius 3 is 2.43 bits per heavy atom. The Hall–Kier alpha value is -3.92. The highest BCUT2D eigenvalue weighted by Gasteiger charge is 2.19. The van der Waals surface area contributed by atoms with Gasteiger partial charge in [-0.1, -0.05) is 30.3 Å².